The zero-order chi connectivity index (χ0) is 34.7. The second-order valence-electron chi connectivity index (χ2n) is 19.1. The molecule has 9 nitrogen and oxygen atoms in total. The molecule has 2 aromatic heterocycles. The van der Waals surface area contributed by atoms with Crippen LogP contribution in [0.1, 0.15) is 137 Å². The molecule has 2 aromatic rings. The van der Waals surface area contributed by atoms with Gasteiger partial charge in [0.15, 0.2) is 11.6 Å². The average molecular weight is 661 g/mol. The minimum Gasteiger partial charge on any atom is -0.444 e. The molecule has 262 valence electrons. The average Bonchev–Trinajstić information content (AvgIpc) is 3.64. The summed E-state index contributed by atoms with van der Waals surface area (Å²) < 4.78 is 17.1. The second kappa shape index (κ2) is 10.5. The molecule has 5 aliphatic rings. The number of carbonyl (C=O) groups is 2. The lowest BCUT2D eigenvalue weighted by molar-refractivity contribution is -0.160. The first-order chi connectivity index (χ1) is 22.3. The molecule has 0 spiro atoms. The number of nitrogens with one attached hydrogen (secondary N) is 1. The van der Waals surface area contributed by atoms with Gasteiger partial charge in [0.2, 0.25) is 5.89 Å². The highest BCUT2D eigenvalue weighted by Crippen LogP contribution is 2.74. The summed E-state index contributed by atoms with van der Waals surface area (Å²) in [5.74, 6) is 2.94. The monoisotopic (exact) mass is 660 g/mol. The number of hydrogen-bond acceptors (Lipinski definition) is 8. The topological polar surface area (TPSA) is 120 Å². The Morgan fingerprint density at radius 2 is 1.75 bits per heavy atom. The van der Waals surface area contributed by atoms with E-state index >= 15 is 0 Å². The number of aromatic nitrogens is 3. The molecule has 1 N–H and O–H groups in total. The summed E-state index contributed by atoms with van der Waals surface area (Å²) in [5.41, 5.74) is 1.19. The van der Waals surface area contributed by atoms with Crippen LogP contribution in [0, 0.1) is 39.4 Å². The van der Waals surface area contributed by atoms with Gasteiger partial charge in [0.05, 0.1) is 6.20 Å². The van der Waals surface area contributed by atoms with Crippen LogP contribution in [0.2, 0.25) is 0 Å². The van der Waals surface area contributed by atoms with E-state index in [2.05, 4.69) is 70.2 Å². The number of carbonyl (C=O) groups excluding carboxylic acids is 2. The van der Waals surface area contributed by atoms with Crippen LogP contribution >= 0.6 is 0 Å². The summed E-state index contributed by atoms with van der Waals surface area (Å²) in [7, 11) is 0. The maximum atomic E-state index is 14.9. The van der Waals surface area contributed by atoms with Crippen molar-refractivity contribution in [1.29, 1.82) is 0 Å². The largest absolute Gasteiger partial charge is 0.444 e. The van der Waals surface area contributed by atoms with Crippen LogP contribution in [0.3, 0.4) is 0 Å². The molecule has 7 rings (SSSR count). The van der Waals surface area contributed by atoms with E-state index in [-0.39, 0.29) is 50.1 Å². The van der Waals surface area contributed by atoms with Crippen molar-refractivity contribution in [3.63, 3.8) is 0 Å². The molecule has 0 bridgehead atoms. The molecule has 3 fully saturated rings. The Morgan fingerprint density at radius 3 is 2.48 bits per heavy atom. The molecule has 7 atom stereocenters. The van der Waals surface area contributed by atoms with E-state index in [4.69, 9.17) is 18.8 Å². The molecule has 1 amide bonds. The van der Waals surface area contributed by atoms with Gasteiger partial charge in [-0.25, -0.2) is 4.79 Å². The summed E-state index contributed by atoms with van der Waals surface area (Å²) in [6, 6.07) is 0. The van der Waals surface area contributed by atoms with Gasteiger partial charge in [-0.3, -0.25) is 4.79 Å². The molecule has 3 saturated carbocycles. The number of ketones is 1. The normalized spacial score (nSPS) is 38.0. The standard InChI is InChI=1S/C39H56N4O5/c1-33(2,3)46-32(45)40-18-12-28-42-31(43-47-28)39-16-14-34(4,5)21-24(39)29-25(44)19-27-36(8)20-23-22-41-48-30(23)35(6,7)26(36)11-13-37(27,9)38(29,10)15-17-39/h19,22,24,26,29H,11-18,20-21H2,1-10H3,(H,40,45)/t24-,26-,29-,36-,37+,38+,39-/m0/s1. The lowest BCUT2D eigenvalue weighted by Gasteiger charge is -2.69. The summed E-state index contributed by atoms with van der Waals surface area (Å²) >= 11 is 0. The number of amides is 1. The van der Waals surface area contributed by atoms with Crippen LogP contribution in [0.15, 0.2) is 26.9 Å². The Hall–Kier alpha value is -2.97. The number of rotatable bonds is 4. The van der Waals surface area contributed by atoms with Crippen LogP contribution in [0.4, 0.5) is 4.79 Å². The van der Waals surface area contributed by atoms with Gasteiger partial charge in [-0.2, -0.15) is 4.98 Å². The number of fused-ring (bicyclic) bond motifs is 8. The summed E-state index contributed by atoms with van der Waals surface area (Å²) in [6.45, 7) is 22.6. The second-order valence-corrected chi connectivity index (χ2v) is 19.1. The highest BCUT2D eigenvalue weighted by Gasteiger charge is 2.70. The van der Waals surface area contributed by atoms with Gasteiger partial charge < -0.3 is 19.1 Å². The zero-order valence-electron chi connectivity index (χ0n) is 30.8. The molecule has 0 unspecified atom stereocenters. The van der Waals surface area contributed by atoms with Gasteiger partial charge in [-0.05, 0) is 112 Å². The van der Waals surface area contributed by atoms with Gasteiger partial charge in [0.1, 0.15) is 11.4 Å². The quantitative estimate of drug-likeness (QED) is 0.350. The van der Waals surface area contributed by atoms with Gasteiger partial charge >= 0.3 is 6.09 Å². The first-order valence-corrected chi connectivity index (χ1v) is 18.3. The molecule has 0 aromatic carbocycles. The fraction of sp³-hybridized carbons (Fsp3) is 0.769. The Labute approximate surface area is 285 Å². The first kappa shape index (κ1) is 33.5. The molecular formula is C39H56N4O5. The van der Waals surface area contributed by atoms with E-state index < -0.39 is 11.7 Å². The van der Waals surface area contributed by atoms with E-state index in [1.807, 2.05) is 27.0 Å². The minimum atomic E-state index is -0.561. The lowest BCUT2D eigenvalue weighted by atomic mass is 9.34. The molecule has 5 aliphatic carbocycles. The smallest absolute Gasteiger partial charge is 0.407 e. The highest BCUT2D eigenvalue weighted by atomic mass is 16.6. The van der Waals surface area contributed by atoms with Crippen LogP contribution < -0.4 is 5.32 Å². The SMILES string of the molecule is CC1(C)CC[C@]2(c3noc(CCNC(=O)OC(C)(C)C)n3)CC[C@]3(C)[C@H](C(=O)C=C4[C@@]5(C)Cc6cnoc6C(C)(C)[C@@H]5CC[C@]43C)[C@@H]2C1. The van der Waals surface area contributed by atoms with Crippen LogP contribution in [0.5, 0.6) is 0 Å². The predicted octanol–water partition coefficient (Wildman–Crippen LogP) is 8.07. The van der Waals surface area contributed by atoms with Crippen molar-refractivity contribution >= 4 is 11.9 Å². The fourth-order valence-electron chi connectivity index (χ4n) is 11.8. The van der Waals surface area contributed by atoms with Crippen molar-refractivity contribution in [3.8, 4) is 0 Å². The Kier molecular flexibility index (Phi) is 7.35. The van der Waals surface area contributed by atoms with Crippen molar-refractivity contribution in [2.75, 3.05) is 6.54 Å². The minimum absolute atomic E-state index is 0.106. The molecular weight excluding hydrogens is 604 g/mol. The van der Waals surface area contributed by atoms with Crippen LogP contribution in [0.25, 0.3) is 0 Å². The Balaban J connectivity index is 1.23. The first-order valence-electron chi connectivity index (χ1n) is 18.3. The maximum Gasteiger partial charge on any atom is 0.407 e. The third-order valence-corrected chi connectivity index (χ3v) is 14.3. The third-order valence-electron chi connectivity index (χ3n) is 14.3. The third kappa shape index (κ3) is 4.79. The van der Waals surface area contributed by atoms with Crippen LogP contribution in [-0.4, -0.2) is 39.3 Å². The van der Waals surface area contributed by atoms with Crippen LogP contribution in [-0.2, 0) is 33.2 Å². The molecule has 2 heterocycles. The lowest BCUT2D eigenvalue weighted by Crippen LogP contribution is -2.66. The molecule has 0 saturated heterocycles. The summed E-state index contributed by atoms with van der Waals surface area (Å²) in [5, 5.41) is 11.7. The van der Waals surface area contributed by atoms with Crippen molar-refractivity contribution in [1.82, 2.24) is 20.6 Å². The fourth-order valence-corrected chi connectivity index (χ4v) is 11.8. The van der Waals surface area contributed by atoms with E-state index in [1.165, 1.54) is 11.1 Å². The maximum absolute atomic E-state index is 14.9. The molecule has 48 heavy (non-hydrogen) atoms. The highest BCUT2D eigenvalue weighted by molar-refractivity contribution is 5.95. The van der Waals surface area contributed by atoms with E-state index in [1.54, 1.807) is 0 Å². The van der Waals surface area contributed by atoms with Crippen molar-refractivity contribution in [2.45, 2.75) is 143 Å². The molecule has 9 heteroatoms. The number of nitrogens with zero attached hydrogens (tertiary/aromatic N) is 3. The molecule has 0 aliphatic heterocycles. The summed E-state index contributed by atoms with van der Waals surface area (Å²) in [4.78, 5) is 32.1. The number of ether oxygens (including phenoxy) is 1. The summed E-state index contributed by atoms with van der Waals surface area (Å²) in [6.07, 6.45) is 11.9. The number of alkyl carbamates (subject to hydrolysis) is 1. The van der Waals surface area contributed by atoms with E-state index in [0.717, 1.165) is 63.0 Å². The predicted molar refractivity (Wildman–Crippen MR) is 181 cm³/mol. The van der Waals surface area contributed by atoms with Crippen molar-refractivity contribution in [3.05, 3.63) is 40.9 Å². The number of allylic oxidation sites excluding steroid dienone is 2. The van der Waals surface area contributed by atoms with Gasteiger partial charge in [-0.1, -0.05) is 64.4 Å². The van der Waals surface area contributed by atoms with Crippen molar-refractivity contribution in [2.24, 2.45) is 39.4 Å². The Bertz CT molecular complexity index is 1660. The Morgan fingerprint density at radius 1 is 1.02 bits per heavy atom. The van der Waals surface area contributed by atoms with E-state index in [9.17, 15) is 9.59 Å². The van der Waals surface area contributed by atoms with Gasteiger partial charge in [0.25, 0.3) is 0 Å². The van der Waals surface area contributed by atoms with Crippen molar-refractivity contribution < 1.29 is 23.4 Å². The van der Waals surface area contributed by atoms with E-state index in [0.29, 0.717) is 24.8 Å². The van der Waals surface area contributed by atoms with Gasteiger partial charge in [-0.15, -0.1) is 0 Å². The number of hydrogen-bond donors (Lipinski definition) is 1. The molecule has 0 radical (unpaired) electrons. The zero-order valence-corrected chi connectivity index (χ0v) is 30.8. The van der Waals surface area contributed by atoms with Gasteiger partial charge in [0, 0.05) is 35.3 Å².